The summed E-state index contributed by atoms with van der Waals surface area (Å²) in [5.74, 6) is 0. The fourth-order valence-corrected chi connectivity index (χ4v) is 5.85. The number of hydrogen-bond donors (Lipinski definition) is 0. The van der Waals surface area contributed by atoms with Gasteiger partial charge < -0.3 is 24.8 Å². The van der Waals surface area contributed by atoms with Crippen molar-refractivity contribution in [1.82, 2.24) is 0 Å². The molecule has 0 aliphatic heterocycles. The minimum Gasteiger partial charge on any atom is -1.00 e. The van der Waals surface area contributed by atoms with Gasteiger partial charge >= 0.3 is 66.6 Å². The predicted octanol–water partition coefficient (Wildman–Crippen LogP) is 8.44. The molecule has 0 saturated carbocycles. The summed E-state index contributed by atoms with van der Waals surface area (Å²) in [7, 11) is 0. The van der Waals surface area contributed by atoms with Gasteiger partial charge in [0, 0.05) is 0 Å². The van der Waals surface area contributed by atoms with Gasteiger partial charge in [0.2, 0.25) is 0 Å². The van der Waals surface area contributed by atoms with Crippen LogP contribution in [0.4, 0.5) is 52.7 Å². The molecule has 0 N–H and O–H groups in total. The van der Waals surface area contributed by atoms with E-state index in [4.69, 9.17) is 0 Å². The Morgan fingerprint density at radius 1 is 0.482 bits per heavy atom. The summed E-state index contributed by atoms with van der Waals surface area (Å²) in [5.41, 5.74) is -3.01. The van der Waals surface area contributed by atoms with E-state index >= 15 is 0 Å². The second-order valence-corrected chi connectivity index (χ2v) is 21.9. The molecule has 6 aromatic carbocycles. The fraction of sp³-hybridized carbons (Fsp3) is 0.250. The topological polar surface area (TPSA) is 0 Å². The summed E-state index contributed by atoms with van der Waals surface area (Å²) in [6.07, 6.45) is -18.0. The number of halogens is 14. The van der Waals surface area contributed by atoms with Gasteiger partial charge in [-0.1, -0.05) is 49.2 Å². The molecular formula is C40H32Cl2F12SiZr-2. The van der Waals surface area contributed by atoms with Crippen molar-refractivity contribution in [2.75, 3.05) is 0 Å². The summed E-state index contributed by atoms with van der Waals surface area (Å²) >= 11 is 1.74. The van der Waals surface area contributed by atoms with Crippen molar-refractivity contribution < 1.29 is 101 Å². The van der Waals surface area contributed by atoms with Crippen LogP contribution in [0.1, 0.15) is 47.2 Å². The molecule has 0 aromatic heterocycles. The second-order valence-electron chi connectivity index (χ2n) is 12.6. The van der Waals surface area contributed by atoms with Crippen LogP contribution in [0.25, 0.3) is 43.8 Å². The van der Waals surface area contributed by atoms with E-state index in [0.29, 0.717) is 35.7 Å². The van der Waals surface area contributed by atoms with Crippen LogP contribution >= 0.6 is 0 Å². The minimum absolute atomic E-state index is 0. The summed E-state index contributed by atoms with van der Waals surface area (Å²) in [6, 6.07) is 20.6. The van der Waals surface area contributed by atoms with Crippen molar-refractivity contribution in [3.63, 3.8) is 0 Å². The number of alkyl halides is 12. The fourth-order valence-electron chi connectivity index (χ4n) is 5.85. The number of rotatable bonds is 4. The molecule has 0 spiro atoms. The molecule has 0 aliphatic carbocycles. The summed E-state index contributed by atoms with van der Waals surface area (Å²) in [4.78, 5) is 0. The molecule has 0 fully saturated rings. The monoisotopic (exact) mass is 928 g/mol. The Morgan fingerprint density at radius 3 is 1.07 bits per heavy atom. The average molecular weight is 931 g/mol. The molecule has 0 heterocycles. The van der Waals surface area contributed by atoms with Gasteiger partial charge in [0.15, 0.2) is 0 Å². The third kappa shape index (κ3) is 12.0. The van der Waals surface area contributed by atoms with Crippen LogP contribution in [0.3, 0.4) is 0 Å². The summed E-state index contributed by atoms with van der Waals surface area (Å²) < 4.78 is 157. The zero-order chi connectivity index (χ0) is 40.4. The van der Waals surface area contributed by atoms with Gasteiger partial charge in [0.05, 0.1) is 22.3 Å². The number of hydrogen-bond acceptors (Lipinski definition) is 0. The van der Waals surface area contributed by atoms with E-state index in [1.54, 1.807) is 59.7 Å². The molecular weight excluding hydrogens is 899 g/mol. The maximum Gasteiger partial charge on any atom is -1.00 e. The van der Waals surface area contributed by atoms with Gasteiger partial charge in [-0.15, -0.1) is 69.1 Å². The maximum absolute atomic E-state index is 13.4. The Kier molecular flexibility index (Phi) is 16.8. The standard InChI is InChI=1S/2C19H13F6.C2H6Si.2ClH.Zr/c2*1-2-11-8-12-4-3-5-14(16(12)9-11)15-7-6-13(18(20,21)22)10-17(15)19(23,24)25;1-3-2;;;/h2*3-10H,2H2,1H3;1-2H3;2*1H;/q2*-1;;;;+2/p-2. The van der Waals surface area contributed by atoms with Crippen molar-refractivity contribution in [3.8, 4) is 22.3 Å². The molecule has 0 atom stereocenters. The van der Waals surface area contributed by atoms with Crippen molar-refractivity contribution in [3.05, 3.63) is 130 Å². The number of aryl methyl sites for hydroxylation is 2. The molecule has 6 aromatic rings. The number of benzene rings is 4. The second kappa shape index (κ2) is 19.1. The maximum atomic E-state index is 13.4. The quantitative estimate of drug-likeness (QED) is 0.0947. The molecule has 0 radical (unpaired) electrons. The Bertz CT molecular complexity index is 2100. The first kappa shape index (κ1) is 49.1. The molecule has 0 aliphatic rings. The number of fused-ring (bicyclic) bond motifs is 2. The van der Waals surface area contributed by atoms with Crippen LogP contribution in [0.15, 0.2) is 97.1 Å². The van der Waals surface area contributed by atoms with Gasteiger partial charge in [-0.2, -0.15) is 64.8 Å². The van der Waals surface area contributed by atoms with E-state index in [1.807, 2.05) is 26.0 Å². The molecule has 16 heteroatoms. The molecule has 56 heavy (non-hydrogen) atoms. The molecule has 0 saturated heterocycles. The van der Waals surface area contributed by atoms with E-state index in [1.165, 1.54) is 12.1 Å². The SMILES string of the molecule is CCc1cc2c(-c3ccc(C(F)(F)F)cc3C(F)(F)F)cccc2[cH-]1.CCc1cc2c(-c3ccc(C(F)(F)F)cc3C(F)(F)F)cccc2[cH-]1.C[Si](C)=[Zr+2].[Cl-].[Cl-]. The van der Waals surface area contributed by atoms with Crippen LogP contribution in [0.5, 0.6) is 0 Å². The van der Waals surface area contributed by atoms with E-state index in [2.05, 4.69) is 13.1 Å². The minimum atomic E-state index is -4.89. The Labute approximate surface area is 343 Å². The van der Waals surface area contributed by atoms with E-state index in [9.17, 15) is 52.7 Å². The zero-order valence-electron chi connectivity index (χ0n) is 29.9. The summed E-state index contributed by atoms with van der Waals surface area (Å²) in [6.45, 7) is 8.46. The van der Waals surface area contributed by atoms with Crippen molar-refractivity contribution >= 4 is 27.0 Å². The van der Waals surface area contributed by atoms with Gasteiger partial charge in [0.25, 0.3) is 0 Å². The van der Waals surface area contributed by atoms with Crippen molar-refractivity contribution in [2.45, 2.75) is 64.5 Å². The molecule has 0 nitrogen and oxygen atoms in total. The smallest absolute Gasteiger partial charge is 1.00 e. The van der Waals surface area contributed by atoms with Crippen LogP contribution < -0.4 is 24.8 Å². The van der Waals surface area contributed by atoms with Crippen molar-refractivity contribution in [2.24, 2.45) is 0 Å². The summed E-state index contributed by atoms with van der Waals surface area (Å²) in [5, 5.41) is 2.74. The molecule has 0 unspecified atom stereocenters. The van der Waals surface area contributed by atoms with E-state index < -0.39 is 47.0 Å². The van der Waals surface area contributed by atoms with Gasteiger partial charge in [0.1, 0.15) is 0 Å². The first-order chi connectivity index (χ1) is 24.9. The van der Waals surface area contributed by atoms with Crippen LogP contribution in [-0.2, 0) is 60.9 Å². The van der Waals surface area contributed by atoms with E-state index in [0.717, 1.165) is 34.0 Å². The Hall–Kier alpha value is -3.06. The first-order valence-electron chi connectivity index (χ1n) is 16.4. The Balaban J connectivity index is 0.000000342. The van der Waals surface area contributed by atoms with Gasteiger partial charge in [-0.05, 0) is 48.2 Å². The normalized spacial score (nSPS) is 11.9. The van der Waals surface area contributed by atoms with Gasteiger partial charge in [-0.3, -0.25) is 0 Å². The third-order valence-electron chi connectivity index (χ3n) is 8.32. The first-order valence-corrected chi connectivity index (χ1v) is 22.6. The molecule has 0 amide bonds. The average Bonchev–Trinajstić information content (AvgIpc) is 3.70. The van der Waals surface area contributed by atoms with E-state index in [-0.39, 0.29) is 64.6 Å². The van der Waals surface area contributed by atoms with Crippen molar-refractivity contribution in [1.29, 1.82) is 0 Å². The largest absolute Gasteiger partial charge is 1.00 e. The van der Waals surface area contributed by atoms with Crippen LogP contribution in [-0.4, -0.2) is 5.43 Å². The molecule has 6 rings (SSSR count). The molecule has 0 bridgehead atoms. The third-order valence-corrected chi connectivity index (χ3v) is 8.32. The Morgan fingerprint density at radius 2 is 0.804 bits per heavy atom. The zero-order valence-corrected chi connectivity index (χ0v) is 34.9. The van der Waals surface area contributed by atoms with Gasteiger partial charge in [-0.25, -0.2) is 0 Å². The van der Waals surface area contributed by atoms with Crippen LogP contribution in [0.2, 0.25) is 13.1 Å². The molecule has 300 valence electrons. The predicted molar refractivity (Wildman–Crippen MR) is 186 cm³/mol. The van der Waals surface area contributed by atoms with Crippen LogP contribution in [0, 0.1) is 0 Å².